The zero-order valence-corrected chi connectivity index (χ0v) is 7.17. The molecule has 0 spiro atoms. The zero-order chi connectivity index (χ0) is 10.9. The van der Waals surface area contributed by atoms with Crippen LogP contribution in [0.2, 0.25) is 0 Å². The molecule has 0 aromatic carbocycles. The van der Waals surface area contributed by atoms with Crippen LogP contribution in [-0.4, -0.2) is 23.7 Å². The molecule has 0 saturated carbocycles. The van der Waals surface area contributed by atoms with Gasteiger partial charge < -0.3 is 0 Å². The molecule has 0 aliphatic heterocycles. The van der Waals surface area contributed by atoms with E-state index < -0.39 is 23.7 Å². The van der Waals surface area contributed by atoms with Gasteiger partial charge in [-0.3, -0.25) is 4.74 Å². The highest BCUT2D eigenvalue weighted by atomic mass is 79.9. The maximum Gasteiger partial charge on any atom is 0.424 e. The second-order valence-corrected chi connectivity index (χ2v) is 2.67. The van der Waals surface area contributed by atoms with Gasteiger partial charge >= 0.3 is 18.7 Å². The van der Waals surface area contributed by atoms with Gasteiger partial charge in [0, 0.05) is 0 Å². The number of hydrogen-bond donors (Lipinski definition) is 0. The van der Waals surface area contributed by atoms with Crippen molar-refractivity contribution in [3.05, 3.63) is 0 Å². The van der Waals surface area contributed by atoms with Crippen molar-refractivity contribution in [2.45, 2.75) is 23.7 Å². The second kappa shape index (κ2) is 3.99. The lowest BCUT2D eigenvalue weighted by molar-refractivity contribution is -0.338. The monoisotopic (exact) mass is 278 g/mol. The minimum atomic E-state index is -5.17. The highest BCUT2D eigenvalue weighted by Crippen LogP contribution is 2.34. The van der Waals surface area contributed by atoms with Crippen LogP contribution in [-0.2, 0) is 4.74 Å². The molecule has 0 N–H and O–H groups in total. The molecule has 9 heteroatoms. The lowest BCUT2D eigenvalue weighted by atomic mass is 10.6. The van der Waals surface area contributed by atoms with Crippen molar-refractivity contribution in [2.75, 3.05) is 0 Å². The summed E-state index contributed by atoms with van der Waals surface area (Å²) >= 11 is 1.64. The van der Waals surface area contributed by atoms with E-state index in [4.69, 9.17) is 0 Å². The van der Waals surface area contributed by atoms with Gasteiger partial charge in [0.15, 0.2) is 0 Å². The summed E-state index contributed by atoms with van der Waals surface area (Å²) in [6.07, 6.45) is -14.6. The van der Waals surface area contributed by atoms with Crippen LogP contribution in [0, 0.1) is 0 Å². The Morgan fingerprint density at radius 2 is 1.38 bits per heavy atom. The van der Waals surface area contributed by atoms with Crippen LogP contribution in [0.1, 0.15) is 0 Å². The SMILES string of the molecule is FC(F)C(F)(F)OC(Br)C(F)(F)F. The first-order chi connectivity index (χ1) is 5.57. The van der Waals surface area contributed by atoms with Gasteiger partial charge in [-0.2, -0.15) is 22.0 Å². The van der Waals surface area contributed by atoms with Crippen molar-refractivity contribution < 1.29 is 35.5 Å². The average Bonchev–Trinajstić information content (AvgIpc) is 1.83. The van der Waals surface area contributed by atoms with Crippen molar-refractivity contribution in [3.8, 4) is 0 Å². The minimum Gasteiger partial charge on any atom is -0.291 e. The molecule has 0 aliphatic rings. The van der Waals surface area contributed by atoms with Crippen molar-refractivity contribution in [1.29, 1.82) is 0 Å². The summed E-state index contributed by atoms with van der Waals surface area (Å²) in [4.78, 5) is 0. The first-order valence-corrected chi connectivity index (χ1v) is 3.53. The number of hydrogen-bond acceptors (Lipinski definition) is 1. The molecule has 0 radical (unpaired) electrons. The lowest BCUT2D eigenvalue weighted by Gasteiger charge is -2.21. The van der Waals surface area contributed by atoms with Crippen LogP contribution in [0.15, 0.2) is 0 Å². The predicted octanol–water partition coefficient (Wildman–Crippen LogP) is 3.14. The Hall–Kier alpha value is -0.0500. The van der Waals surface area contributed by atoms with Crippen LogP contribution in [0.4, 0.5) is 30.7 Å². The Kier molecular flexibility index (Phi) is 3.97. The van der Waals surface area contributed by atoms with Crippen LogP contribution in [0.25, 0.3) is 0 Å². The van der Waals surface area contributed by atoms with Crippen molar-refractivity contribution in [1.82, 2.24) is 0 Å². The van der Waals surface area contributed by atoms with Crippen molar-refractivity contribution in [3.63, 3.8) is 0 Å². The minimum absolute atomic E-state index is 1.64. The summed E-state index contributed by atoms with van der Waals surface area (Å²) in [5, 5.41) is -3.12. The number of halogens is 8. The van der Waals surface area contributed by atoms with Crippen LogP contribution in [0.5, 0.6) is 0 Å². The standard InChI is InChI=1S/C4H2BrF7O/c5-1(3(8,9)10)13-4(11,12)2(6)7/h1-2H. The van der Waals surface area contributed by atoms with Gasteiger partial charge in [-0.1, -0.05) is 0 Å². The molecule has 80 valence electrons. The van der Waals surface area contributed by atoms with Gasteiger partial charge in [-0.15, -0.1) is 0 Å². The topological polar surface area (TPSA) is 9.23 Å². The smallest absolute Gasteiger partial charge is 0.291 e. The van der Waals surface area contributed by atoms with E-state index in [1.807, 2.05) is 0 Å². The molecule has 1 atom stereocenters. The molecular formula is C4H2BrF7O. The molecule has 1 unspecified atom stereocenters. The summed E-state index contributed by atoms with van der Waals surface area (Å²) < 4.78 is 83.5. The van der Waals surface area contributed by atoms with E-state index in [9.17, 15) is 30.7 Å². The largest absolute Gasteiger partial charge is 0.424 e. The summed E-state index contributed by atoms with van der Waals surface area (Å²) in [5.74, 6) is 0. The summed E-state index contributed by atoms with van der Waals surface area (Å²) in [6.45, 7) is 0. The number of alkyl halides is 8. The highest BCUT2D eigenvalue weighted by molar-refractivity contribution is 9.09. The highest BCUT2D eigenvalue weighted by Gasteiger charge is 2.50. The van der Waals surface area contributed by atoms with E-state index in [0.717, 1.165) is 0 Å². The molecule has 0 saturated heterocycles. The van der Waals surface area contributed by atoms with Crippen molar-refractivity contribution in [2.24, 2.45) is 0 Å². The van der Waals surface area contributed by atoms with E-state index in [1.165, 1.54) is 0 Å². The summed E-state index contributed by atoms with van der Waals surface area (Å²) in [5.41, 5.74) is 0. The molecule has 0 aromatic heterocycles. The fraction of sp³-hybridized carbons (Fsp3) is 1.00. The summed E-state index contributed by atoms with van der Waals surface area (Å²) in [7, 11) is 0. The van der Waals surface area contributed by atoms with E-state index in [1.54, 1.807) is 15.9 Å². The normalized spacial score (nSPS) is 16.4. The van der Waals surface area contributed by atoms with Gasteiger partial charge in [0.25, 0.3) is 0 Å². The molecule has 0 heterocycles. The Morgan fingerprint density at radius 3 is 1.62 bits per heavy atom. The third-order valence-electron chi connectivity index (χ3n) is 0.772. The van der Waals surface area contributed by atoms with Gasteiger partial charge in [0.2, 0.25) is 5.01 Å². The van der Waals surface area contributed by atoms with Gasteiger partial charge in [0.1, 0.15) is 0 Å². The van der Waals surface area contributed by atoms with Crippen LogP contribution >= 0.6 is 15.9 Å². The Bertz CT molecular complexity index is 166. The molecule has 13 heavy (non-hydrogen) atoms. The lowest BCUT2D eigenvalue weighted by Crippen LogP contribution is -2.38. The number of rotatable bonds is 3. The Balaban J connectivity index is 4.28. The molecule has 0 fully saturated rings. The van der Waals surface area contributed by atoms with E-state index in [-0.39, 0.29) is 0 Å². The van der Waals surface area contributed by atoms with Gasteiger partial charge in [0.05, 0.1) is 0 Å². The average molecular weight is 279 g/mol. The van der Waals surface area contributed by atoms with Crippen LogP contribution in [0.3, 0.4) is 0 Å². The second-order valence-electron chi connectivity index (χ2n) is 1.84. The molecule has 0 rings (SSSR count). The molecular weight excluding hydrogens is 277 g/mol. The molecule has 0 aliphatic carbocycles. The number of ether oxygens (including phenoxy) is 1. The fourth-order valence-electron chi connectivity index (χ4n) is 0.256. The van der Waals surface area contributed by atoms with Gasteiger partial charge in [-0.25, -0.2) is 8.78 Å². The fourth-order valence-corrected chi connectivity index (χ4v) is 0.505. The molecule has 0 bridgehead atoms. The Morgan fingerprint density at radius 1 is 1.00 bits per heavy atom. The molecule has 1 nitrogen and oxygen atoms in total. The first kappa shape index (κ1) is 12.9. The quantitative estimate of drug-likeness (QED) is 0.569. The van der Waals surface area contributed by atoms with E-state index in [2.05, 4.69) is 4.74 Å². The summed E-state index contributed by atoms with van der Waals surface area (Å²) in [6, 6.07) is 0. The third-order valence-corrected chi connectivity index (χ3v) is 1.48. The van der Waals surface area contributed by atoms with Crippen molar-refractivity contribution >= 4 is 15.9 Å². The first-order valence-electron chi connectivity index (χ1n) is 2.62. The Labute approximate surface area is 76.0 Å². The maximum atomic E-state index is 11.8. The van der Waals surface area contributed by atoms with Gasteiger partial charge in [-0.05, 0) is 15.9 Å². The third kappa shape index (κ3) is 4.12. The van der Waals surface area contributed by atoms with Crippen LogP contribution < -0.4 is 0 Å². The maximum absolute atomic E-state index is 11.8. The predicted molar refractivity (Wildman–Crippen MR) is 30.8 cm³/mol. The zero-order valence-electron chi connectivity index (χ0n) is 5.59. The molecule has 0 aromatic rings. The molecule has 0 amide bonds. The van der Waals surface area contributed by atoms with E-state index >= 15 is 0 Å². The van der Waals surface area contributed by atoms with E-state index in [0.29, 0.717) is 0 Å².